The van der Waals surface area contributed by atoms with E-state index in [0.717, 1.165) is 28.7 Å². The van der Waals surface area contributed by atoms with E-state index >= 15 is 0 Å². The van der Waals surface area contributed by atoms with E-state index in [2.05, 4.69) is 30.5 Å². The highest BCUT2D eigenvalue weighted by molar-refractivity contribution is 6.02. The number of methoxy groups -OCH3 is 1. The summed E-state index contributed by atoms with van der Waals surface area (Å²) in [6, 6.07) is 11.9. The van der Waals surface area contributed by atoms with Crippen LogP contribution in [0.2, 0.25) is 0 Å². The summed E-state index contributed by atoms with van der Waals surface area (Å²) < 4.78 is 9.71. The van der Waals surface area contributed by atoms with E-state index in [0.29, 0.717) is 5.69 Å². The molecule has 0 amide bonds. The predicted octanol–water partition coefficient (Wildman–Crippen LogP) is 3.88. The summed E-state index contributed by atoms with van der Waals surface area (Å²) in [6.45, 7) is 5.04. The largest absolute Gasteiger partial charge is 0.368 e. The van der Waals surface area contributed by atoms with Crippen molar-refractivity contribution in [1.29, 1.82) is 0 Å². The number of ether oxygens (including phenoxy) is 1. The average molecular weight is 310 g/mol. The van der Waals surface area contributed by atoms with Crippen molar-refractivity contribution >= 4 is 16.7 Å². The molecule has 2 heterocycles. The van der Waals surface area contributed by atoms with Crippen LogP contribution in [0.15, 0.2) is 42.6 Å². The van der Waals surface area contributed by atoms with Crippen LogP contribution in [0.5, 0.6) is 0 Å². The summed E-state index contributed by atoms with van der Waals surface area (Å²) in [5.74, 6) is -0.0119. The van der Waals surface area contributed by atoms with Gasteiger partial charge in [0.1, 0.15) is 6.10 Å². The van der Waals surface area contributed by atoms with Crippen LogP contribution in [0.1, 0.15) is 34.8 Å². The Labute approximate surface area is 136 Å². The number of ketones is 1. The molecule has 1 atom stereocenters. The summed E-state index contributed by atoms with van der Waals surface area (Å²) in [7, 11) is 3.48. The van der Waals surface area contributed by atoms with Crippen molar-refractivity contribution in [3.8, 4) is 0 Å². The maximum absolute atomic E-state index is 13.0. The molecule has 120 valence electrons. The van der Waals surface area contributed by atoms with Crippen molar-refractivity contribution in [1.82, 2.24) is 9.13 Å². The molecule has 2 aromatic heterocycles. The number of carbonyl (C=O) groups is 1. The summed E-state index contributed by atoms with van der Waals surface area (Å²) in [6.07, 6.45) is 1.28. The fourth-order valence-electron chi connectivity index (χ4n) is 3.40. The summed E-state index contributed by atoms with van der Waals surface area (Å²) in [5, 5.41) is 1.08. The lowest BCUT2D eigenvalue weighted by Gasteiger charge is -2.16. The van der Waals surface area contributed by atoms with Crippen LogP contribution in [-0.4, -0.2) is 22.0 Å². The van der Waals surface area contributed by atoms with Crippen molar-refractivity contribution in [3.05, 3.63) is 59.5 Å². The second kappa shape index (κ2) is 6.05. The van der Waals surface area contributed by atoms with Gasteiger partial charge in [-0.3, -0.25) is 4.79 Å². The minimum atomic E-state index is -0.596. The number of aryl methyl sites for hydroxylation is 2. The van der Waals surface area contributed by atoms with Crippen molar-refractivity contribution in [2.45, 2.75) is 26.5 Å². The minimum Gasteiger partial charge on any atom is -0.368 e. The molecular formula is C19H22N2O2. The first-order chi connectivity index (χ1) is 11.1. The number of hydrogen-bond donors (Lipinski definition) is 0. The monoisotopic (exact) mass is 310 g/mol. The van der Waals surface area contributed by atoms with Gasteiger partial charge in [0.05, 0.1) is 5.69 Å². The normalized spacial score (nSPS) is 12.7. The highest BCUT2D eigenvalue weighted by Crippen LogP contribution is 2.34. The van der Waals surface area contributed by atoms with Crippen LogP contribution in [0.25, 0.3) is 10.9 Å². The van der Waals surface area contributed by atoms with Crippen molar-refractivity contribution in [2.24, 2.45) is 7.05 Å². The van der Waals surface area contributed by atoms with Gasteiger partial charge >= 0.3 is 0 Å². The molecule has 4 heteroatoms. The molecule has 0 spiro atoms. The number of nitrogens with zero attached hydrogens (tertiary/aromatic N) is 2. The second-order valence-corrected chi connectivity index (χ2v) is 5.74. The fourth-order valence-corrected chi connectivity index (χ4v) is 3.40. The van der Waals surface area contributed by atoms with E-state index in [1.807, 2.05) is 42.1 Å². The number of carbonyl (C=O) groups excluding carboxylic acids is 1. The number of fused-ring (bicyclic) bond motifs is 1. The van der Waals surface area contributed by atoms with Gasteiger partial charge in [-0.15, -0.1) is 0 Å². The van der Waals surface area contributed by atoms with E-state index < -0.39 is 6.10 Å². The lowest BCUT2D eigenvalue weighted by molar-refractivity contribution is 0.0597. The number of hydrogen-bond acceptors (Lipinski definition) is 2. The summed E-state index contributed by atoms with van der Waals surface area (Å²) in [5.41, 5.74) is 3.85. The number of rotatable bonds is 5. The number of para-hydroxylation sites is 1. The van der Waals surface area contributed by atoms with Gasteiger partial charge in [-0.05, 0) is 32.0 Å². The Morgan fingerprint density at radius 3 is 2.57 bits per heavy atom. The van der Waals surface area contributed by atoms with Crippen LogP contribution < -0.4 is 0 Å². The second-order valence-electron chi connectivity index (χ2n) is 5.74. The van der Waals surface area contributed by atoms with Crippen LogP contribution >= 0.6 is 0 Å². The van der Waals surface area contributed by atoms with Crippen LogP contribution in [-0.2, 0) is 18.3 Å². The van der Waals surface area contributed by atoms with Gasteiger partial charge in [-0.2, -0.15) is 0 Å². The Balaban J connectivity index is 2.19. The van der Waals surface area contributed by atoms with Crippen LogP contribution in [0.4, 0.5) is 0 Å². The van der Waals surface area contributed by atoms with Crippen molar-refractivity contribution in [3.63, 3.8) is 0 Å². The highest BCUT2D eigenvalue weighted by Gasteiger charge is 2.29. The van der Waals surface area contributed by atoms with Gasteiger partial charge in [0.2, 0.25) is 5.78 Å². The zero-order valence-corrected chi connectivity index (χ0v) is 14.0. The van der Waals surface area contributed by atoms with E-state index in [1.54, 1.807) is 7.11 Å². The van der Waals surface area contributed by atoms with E-state index in [-0.39, 0.29) is 5.78 Å². The first kappa shape index (κ1) is 15.6. The average Bonchev–Trinajstić information content (AvgIpc) is 3.10. The zero-order chi connectivity index (χ0) is 16.6. The van der Waals surface area contributed by atoms with Crippen LogP contribution in [0, 0.1) is 6.92 Å². The molecule has 0 radical (unpaired) electrons. The van der Waals surface area contributed by atoms with Crippen LogP contribution in [0.3, 0.4) is 0 Å². The van der Waals surface area contributed by atoms with Gasteiger partial charge in [-0.1, -0.05) is 18.2 Å². The Hall–Kier alpha value is -2.33. The van der Waals surface area contributed by atoms with E-state index in [1.165, 1.54) is 0 Å². The molecule has 0 saturated heterocycles. The molecule has 0 saturated carbocycles. The lowest BCUT2D eigenvalue weighted by Crippen LogP contribution is -2.18. The molecule has 0 bridgehead atoms. The highest BCUT2D eigenvalue weighted by atomic mass is 16.5. The maximum atomic E-state index is 13.0. The molecule has 4 nitrogen and oxygen atoms in total. The first-order valence-electron chi connectivity index (χ1n) is 7.86. The van der Waals surface area contributed by atoms with Gasteiger partial charge < -0.3 is 13.9 Å². The smallest absolute Gasteiger partial charge is 0.212 e. The molecule has 3 aromatic rings. The molecular weight excluding hydrogens is 288 g/mol. The summed E-state index contributed by atoms with van der Waals surface area (Å²) in [4.78, 5) is 13.0. The molecule has 1 aromatic carbocycles. The Morgan fingerprint density at radius 1 is 1.22 bits per heavy atom. The van der Waals surface area contributed by atoms with Crippen molar-refractivity contribution < 1.29 is 9.53 Å². The number of Topliss-reactive ketones (excluding diaryl/α,β-unsaturated/α-hetero) is 1. The molecule has 0 fully saturated rings. The quantitative estimate of drug-likeness (QED) is 0.671. The third-order valence-corrected chi connectivity index (χ3v) is 4.53. The third-order valence-electron chi connectivity index (χ3n) is 4.53. The Bertz CT molecular complexity index is 858. The minimum absolute atomic E-state index is 0.0119. The van der Waals surface area contributed by atoms with Gasteiger partial charge in [0.15, 0.2) is 0 Å². The molecule has 0 aliphatic carbocycles. The van der Waals surface area contributed by atoms with Gasteiger partial charge in [0.25, 0.3) is 0 Å². The maximum Gasteiger partial charge on any atom is 0.212 e. The molecule has 0 N–H and O–H groups in total. The van der Waals surface area contributed by atoms with Gasteiger partial charge in [0, 0.05) is 49.1 Å². The van der Waals surface area contributed by atoms with E-state index in [4.69, 9.17) is 4.74 Å². The SMILES string of the molecule is CCn1c(C)c(C(OC)C(=O)c2cccn2C)c2ccccc21. The van der Waals surface area contributed by atoms with Crippen molar-refractivity contribution in [2.75, 3.05) is 7.11 Å². The number of aromatic nitrogens is 2. The Morgan fingerprint density at radius 2 is 1.96 bits per heavy atom. The molecule has 0 aliphatic heterocycles. The fraction of sp³-hybridized carbons (Fsp3) is 0.316. The standard InChI is InChI=1S/C19H22N2O2/c1-5-21-13(2)17(14-9-6-7-10-15(14)21)19(23-4)18(22)16-11-8-12-20(16)3/h6-12,19H,5H2,1-4H3. The van der Waals surface area contributed by atoms with E-state index in [9.17, 15) is 4.79 Å². The lowest BCUT2D eigenvalue weighted by atomic mass is 10.00. The summed E-state index contributed by atoms with van der Waals surface area (Å²) >= 11 is 0. The van der Waals surface area contributed by atoms with Gasteiger partial charge in [-0.25, -0.2) is 0 Å². The first-order valence-corrected chi connectivity index (χ1v) is 7.86. The predicted molar refractivity (Wildman–Crippen MR) is 91.8 cm³/mol. The third kappa shape index (κ3) is 2.39. The Kier molecular flexibility index (Phi) is 4.09. The molecule has 23 heavy (non-hydrogen) atoms. The topological polar surface area (TPSA) is 36.2 Å². The molecule has 3 rings (SSSR count). The zero-order valence-electron chi connectivity index (χ0n) is 14.0. The number of benzene rings is 1. The molecule has 0 aliphatic rings. The molecule has 1 unspecified atom stereocenters.